The Kier molecular flexibility index (Phi) is 6.10. The summed E-state index contributed by atoms with van der Waals surface area (Å²) >= 11 is 1.40. The average Bonchev–Trinajstić information content (AvgIpc) is 3.30. The molecule has 0 saturated heterocycles. The molecule has 8 heteroatoms. The lowest BCUT2D eigenvalue weighted by Crippen LogP contribution is -2.24. The standard InChI is InChI=1S/C19H21N5O2S/c1-13(20-3)11-17-22-18(26-23-17)10-9-15-12-27-19(21-15)24(14(2)25)16-7-5-4-6-8-16/h4-10,12-13,20H,11H2,1-3H3/b10-9+. The minimum Gasteiger partial charge on any atom is -0.335 e. The van der Waals surface area contributed by atoms with E-state index in [2.05, 4.69) is 27.4 Å². The second-order valence-corrected chi connectivity index (χ2v) is 6.86. The number of likely N-dealkylation sites (N-methyl/N-ethyl adjacent to an activating group) is 1. The maximum Gasteiger partial charge on any atom is 0.250 e. The van der Waals surface area contributed by atoms with Crippen LogP contribution in [0.15, 0.2) is 40.2 Å². The summed E-state index contributed by atoms with van der Waals surface area (Å²) in [6.07, 6.45) is 4.21. The van der Waals surface area contributed by atoms with Gasteiger partial charge in [-0.1, -0.05) is 23.4 Å². The minimum absolute atomic E-state index is 0.0914. The molecule has 3 rings (SSSR count). The van der Waals surface area contributed by atoms with Gasteiger partial charge >= 0.3 is 0 Å². The van der Waals surface area contributed by atoms with Crippen molar-refractivity contribution in [2.45, 2.75) is 26.3 Å². The molecule has 1 N–H and O–H groups in total. The van der Waals surface area contributed by atoms with E-state index in [0.717, 1.165) is 11.4 Å². The molecule has 3 aromatic rings. The number of hydrogen-bond acceptors (Lipinski definition) is 7. The largest absolute Gasteiger partial charge is 0.335 e. The molecule has 1 atom stereocenters. The van der Waals surface area contributed by atoms with Gasteiger partial charge in [-0.2, -0.15) is 4.98 Å². The van der Waals surface area contributed by atoms with E-state index in [1.54, 1.807) is 17.1 Å². The number of hydrogen-bond donors (Lipinski definition) is 1. The van der Waals surface area contributed by atoms with E-state index < -0.39 is 0 Å². The van der Waals surface area contributed by atoms with Crippen LogP contribution < -0.4 is 10.2 Å². The van der Waals surface area contributed by atoms with Gasteiger partial charge in [-0.25, -0.2) is 4.98 Å². The van der Waals surface area contributed by atoms with E-state index in [1.807, 2.05) is 42.8 Å². The normalized spacial score (nSPS) is 12.4. The first-order valence-electron chi connectivity index (χ1n) is 8.56. The van der Waals surface area contributed by atoms with Gasteiger partial charge in [-0.05, 0) is 32.2 Å². The zero-order valence-corrected chi connectivity index (χ0v) is 16.2. The second-order valence-electron chi connectivity index (χ2n) is 6.02. The molecule has 0 radical (unpaired) electrons. The third-order valence-corrected chi connectivity index (χ3v) is 4.74. The van der Waals surface area contributed by atoms with Crippen LogP contribution in [0.25, 0.3) is 12.2 Å². The van der Waals surface area contributed by atoms with Crippen LogP contribution in [0, 0.1) is 0 Å². The SMILES string of the molecule is CNC(C)Cc1noc(/C=C/c2csc(N(C(C)=O)c3ccccc3)n2)n1. The molecule has 2 aromatic heterocycles. The first kappa shape index (κ1) is 18.9. The first-order chi connectivity index (χ1) is 13.1. The Morgan fingerprint density at radius 2 is 2.07 bits per heavy atom. The molecule has 2 heterocycles. The number of nitrogens with zero attached hydrogens (tertiary/aromatic N) is 4. The zero-order valence-electron chi connectivity index (χ0n) is 15.4. The van der Waals surface area contributed by atoms with Crippen LogP contribution in [-0.2, 0) is 11.2 Å². The summed E-state index contributed by atoms with van der Waals surface area (Å²) in [6, 6.07) is 9.72. The fourth-order valence-corrected chi connectivity index (χ4v) is 3.27. The molecule has 0 spiro atoms. The third-order valence-electron chi connectivity index (χ3n) is 3.89. The summed E-state index contributed by atoms with van der Waals surface area (Å²) in [7, 11) is 1.89. The summed E-state index contributed by atoms with van der Waals surface area (Å²) in [6.45, 7) is 3.58. The molecule has 140 valence electrons. The Balaban J connectivity index is 1.74. The van der Waals surface area contributed by atoms with Gasteiger partial charge in [0.25, 0.3) is 5.89 Å². The number of benzene rings is 1. The van der Waals surface area contributed by atoms with Crippen molar-refractivity contribution in [2.24, 2.45) is 0 Å². The van der Waals surface area contributed by atoms with Crippen LogP contribution in [0.2, 0.25) is 0 Å². The fraction of sp³-hybridized carbons (Fsp3) is 0.263. The summed E-state index contributed by atoms with van der Waals surface area (Å²) in [5.74, 6) is 0.989. The highest BCUT2D eigenvalue weighted by Gasteiger charge is 2.17. The number of anilines is 2. The van der Waals surface area contributed by atoms with Crippen LogP contribution in [0.1, 0.15) is 31.3 Å². The molecule has 0 bridgehead atoms. The van der Waals surface area contributed by atoms with Gasteiger partial charge in [0.1, 0.15) is 0 Å². The Morgan fingerprint density at radius 3 is 2.78 bits per heavy atom. The van der Waals surface area contributed by atoms with Gasteiger partial charge < -0.3 is 9.84 Å². The highest BCUT2D eigenvalue weighted by molar-refractivity contribution is 7.14. The molecule has 0 aliphatic rings. The Morgan fingerprint density at radius 1 is 1.30 bits per heavy atom. The smallest absolute Gasteiger partial charge is 0.250 e. The number of nitrogens with one attached hydrogen (secondary N) is 1. The van der Waals surface area contributed by atoms with Crippen molar-refractivity contribution in [3.8, 4) is 0 Å². The summed E-state index contributed by atoms with van der Waals surface area (Å²) in [5, 5.41) is 9.59. The van der Waals surface area contributed by atoms with E-state index in [9.17, 15) is 4.79 Å². The lowest BCUT2D eigenvalue weighted by atomic mass is 10.2. The molecular formula is C19H21N5O2S. The molecule has 1 amide bonds. The number of carbonyl (C=O) groups is 1. The molecule has 0 aliphatic heterocycles. The molecule has 27 heavy (non-hydrogen) atoms. The number of carbonyl (C=O) groups excluding carboxylic acids is 1. The predicted molar refractivity (Wildman–Crippen MR) is 107 cm³/mol. The van der Waals surface area contributed by atoms with Crippen molar-refractivity contribution in [3.63, 3.8) is 0 Å². The Hall–Kier alpha value is -2.84. The van der Waals surface area contributed by atoms with Crippen molar-refractivity contribution >= 4 is 40.2 Å². The maximum atomic E-state index is 12.1. The Bertz CT molecular complexity index is 919. The number of para-hydroxylation sites is 1. The maximum absolute atomic E-state index is 12.1. The number of amides is 1. The van der Waals surface area contributed by atoms with E-state index in [1.165, 1.54) is 18.3 Å². The van der Waals surface area contributed by atoms with Crippen molar-refractivity contribution in [3.05, 3.63) is 53.1 Å². The van der Waals surface area contributed by atoms with Crippen LogP contribution in [0.3, 0.4) is 0 Å². The van der Waals surface area contributed by atoms with Crippen LogP contribution >= 0.6 is 11.3 Å². The van der Waals surface area contributed by atoms with E-state index in [-0.39, 0.29) is 11.9 Å². The molecular weight excluding hydrogens is 362 g/mol. The minimum atomic E-state index is -0.0914. The topological polar surface area (TPSA) is 84.2 Å². The molecule has 7 nitrogen and oxygen atoms in total. The fourth-order valence-electron chi connectivity index (χ4n) is 2.41. The average molecular weight is 383 g/mol. The third kappa shape index (κ3) is 4.87. The molecule has 1 aromatic carbocycles. The monoisotopic (exact) mass is 383 g/mol. The first-order valence-corrected chi connectivity index (χ1v) is 9.44. The quantitative estimate of drug-likeness (QED) is 0.672. The molecule has 0 aliphatic carbocycles. The predicted octanol–water partition coefficient (Wildman–Crippen LogP) is 3.53. The van der Waals surface area contributed by atoms with Crippen molar-refractivity contribution in [1.29, 1.82) is 0 Å². The van der Waals surface area contributed by atoms with Gasteiger partial charge in [-0.15, -0.1) is 11.3 Å². The van der Waals surface area contributed by atoms with Gasteiger partial charge in [0.2, 0.25) is 5.91 Å². The lowest BCUT2D eigenvalue weighted by molar-refractivity contribution is -0.115. The second kappa shape index (κ2) is 8.70. The summed E-state index contributed by atoms with van der Waals surface area (Å²) in [5.41, 5.74) is 1.51. The number of thiazole rings is 1. The molecule has 1 unspecified atom stereocenters. The van der Waals surface area contributed by atoms with Crippen molar-refractivity contribution in [2.75, 3.05) is 11.9 Å². The van der Waals surface area contributed by atoms with E-state index in [4.69, 9.17) is 4.52 Å². The van der Waals surface area contributed by atoms with Gasteiger partial charge in [0.15, 0.2) is 11.0 Å². The van der Waals surface area contributed by atoms with Gasteiger partial charge in [-0.3, -0.25) is 9.69 Å². The van der Waals surface area contributed by atoms with Crippen LogP contribution in [0.5, 0.6) is 0 Å². The summed E-state index contributed by atoms with van der Waals surface area (Å²) < 4.78 is 5.23. The number of rotatable bonds is 7. The number of aromatic nitrogens is 3. The zero-order chi connectivity index (χ0) is 19.2. The van der Waals surface area contributed by atoms with E-state index >= 15 is 0 Å². The molecule has 0 fully saturated rings. The van der Waals surface area contributed by atoms with Crippen LogP contribution in [-0.4, -0.2) is 34.1 Å². The van der Waals surface area contributed by atoms with Gasteiger partial charge in [0, 0.05) is 30.8 Å². The van der Waals surface area contributed by atoms with Crippen LogP contribution in [0.4, 0.5) is 10.8 Å². The Labute approximate surface area is 161 Å². The highest BCUT2D eigenvalue weighted by Crippen LogP contribution is 2.29. The lowest BCUT2D eigenvalue weighted by Gasteiger charge is -2.17. The molecule has 0 saturated carbocycles. The summed E-state index contributed by atoms with van der Waals surface area (Å²) in [4.78, 5) is 22.5. The van der Waals surface area contributed by atoms with Gasteiger partial charge in [0.05, 0.1) is 11.4 Å². The van der Waals surface area contributed by atoms with Crippen molar-refractivity contribution in [1.82, 2.24) is 20.4 Å². The van der Waals surface area contributed by atoms with Crippen molar-refractivity contribution < 1.29 is 9.32 Å². The van der Waals surface area contributed by atoms with E-state index in [0.29, 0.717) is 23.3 Å². The highest BCUT2D eigenvalue weighted by atomic mass is 32.1.